The fourth-order valence-electron chi connectivity index (χ4n) is 2.06. The molecule has 2 aromatic rings. The molecule has 5 nitrogen and oxygen atoms in total. The lowest BCUT2D eigenvalue weighted by atomic mass is 10.1. The summed E-state index contributed by atoms with van der Waals surface area (Å²) in [5.41, 5.74) is -0.0833. The maximum Gasteiger partial charge on any atom is 0.275 e. The van der Waals surface area contributed by atoms with Gasteiger partial charge in [0.25, 0.3) is 11.5 Å². The van der Waals surface area contributed by atoms with Crippen LogP contribution in [-0.4, -0.2) is 34.1 Å². The van der Waals surface area contributed by atoms with E-state index >= 15 is 0 Å². The van der Waals surface area contributed by atoms with Crippen LogP contribution >= 0.6 is 0 Å². The summed E-state index contributed by atoms with van der Waals surface area (Å²) in [6, 6.07) is 6.89. The normalized spacial score (nSPS) is 10.2. The van der Waals surface area contributed by atoms with Gasteiger partial charge >= 0.3 is 0 Å². The second kappa shape index (κ2) is 6.02. The van der Waals surface area contributed by atoms with E-state index in [1.165, 1.54) is 0 Å². The van der Waals surface area contributed by atoms with E-state index in [4.69, 9.17) is 6.42 Å². The zero-order valence-electron chi connectivity index (χ0n) is 11.2. The highest BCUT2D eigenvalue weighted by atomic mass is 16.2. The standard InChI is InChI=1S/C15H15N3O2/c1-3-9-18(10-4-2)15(20)13-11-7-5-6-8-12(11)14(19)17-16-13/h1,5-8H,4,9-10H2,2H3,(H,17,19). The van der Waals surface area contributed by atoms with E-state index in [0.29, 0.717) is 17.3 Å². The summed E-state index contributed by atoms with van der Waals surface area (Å²) in [7, 11) is 0. The van der Waals surface area contributed by atoms with E-state index in [1.54, 1.807) is 29.2 Å². The summed E-state index contributed by atoms with van der Waals surface area (Å²) in [5.74, 6) is 2.20. The molecular weight excluding hydrogens is 254 g/mol. The fraction of sp³-hybridized carbons (Fsp3) is 0.267. The molecule has 20 heavy (non-hydrogen) atoms. The Morgan fingerprint density at radius 2 is 2.10 bits per heavy atom. The van der Waals surface area contributed by atoms with Gasteiger partial charge in [-0.1, -0.05) is 31.0 Å². The number of hydrogen-bond acceptors (Lipinski definition) is 3. The van der Waals surface area contributed by atoms with Gasteiger partial charge in [-0.15, -0.1) is 6.42 Å². The zero-order chi connectivity index (χ0) is 14.5. The highest BCUT2D eigenvalue weighted by Gasteiger charge is 2.19. The molecule has 1 aromatic heterocycles. The number of aromatic amines is 1. The van der Waals surface area contributed by atoms with Crippen molar-refractivity contribution in [1.29, 1.82) is 0 Å². The van der Waals surface area contributed by atoms with Crippen LogP contribution in [0.5, 0.6) is 0 Å². The van der Waals surface area contributed by atoms with Crippen molar-refractivity contribution in [3.05, 3.63) is 40.3 Å². The second-order valence-corrected chi connectivity index (χ2v) is 4.38. The third-order valence-electron chi connectivity index (χ3n) is 2.96. The minimum absolute atomic E-state index is 0.224. The van der Waals surface area contributed by atoms with Gasteiger partial charge in [0.05, 0.1) is 11.9 Å². The Kier molecular flexibility index (Phi) is 4.16. The Bertz CT molecular complexity index is 728. The summed E-state index contributed by atoms with van der Waals surface area (Å²) in [6.07, 6.45) is 6.09. The van der Waals surface area contributed by atoms with Crippen LogP contribution in [0.2, 0.25) is 0 Å². The molecule has 5 heteroatoms. The predicted molar refractivity (Wildman–Crippen MR) is 77.4 cm³/mol. The van der Waals surface area contributed by atoms with Crippen LogP contribution in [0, 0.1) is 12.3 Å². The number of carbonyl (C=O) groups is 1. The Morgan fingerprint density at radius 1 is 1.40 bits per heavy atom. The molecular formula is C15H15N3O2. The van der Waals surface area contributed by atoms with E-state index in [0.717, 1.165) is 6.42 Å². The third-order valence-corrected chi connectivity index (χ3v) is 2.96. The molecule has 0 aliphatic heterocycles. The van der Waals surface area contributed by atoms with Crippen molar-refractivity contribution < 1.29 is 4.79 Å². The maximum absolute atomic E-state index is 12.5. The van der Waals surface area contributed by atoms with Gasteiger partial charge in [-0.25, -0.2) is 5.10 Å². The van der Waals surface area contributed by atoms with Crippen molar-refractivity contribution in [1.82, 2.24) is 15.1 Å². The molecule has 1 N–H and O–H groups in total. The number of terminal acetylenes is 1. The lowest BCUT2D eigenvalue weighted by molar-refractivity contribution is 0.0772. The number of amides is 1. The quantitative estimate of drug-likeness (QED) is 0.853. The molecule has 0 atom stereocenters. The van der Waals surface area contributed by atoms with E-state index in [2.05, 4.69) is 16.1 Å². The molecule has 0 aliphatic carbocycles. The smallest absolute Gasteiger partial charge is 0.275 e. The van der Waals surface area contributed by atoms with Gasteiger partial charge in [-0.3, -0.25) is 9.59 Å². The largest absolute Gasteiger partial charge is 0.326 e. The van der Waals surface area contributed by atoms with Crippen molar-refractivity contribution in [3.63, 3.8) is 0 Å². The average Bonchev–Trinajstić information content (AvgIpc) is 2.47. The highest BCUT2D eigenvalue weighted by molar-refractivity contribution is 6.04. The number of nitrogens with zero attached hydrogens (tertiary/aromatic N) is 2. The van der Waals surface area contributed by atoms with Gasteiger partial charge in [0.15, 0.2) is 5.69 Å². The minimum Gasteiger partial charge on any atom is -0.326 e. The summed E-state index contributed by atoms with van der Waals surface area (Å²) < 4.78 is 0. The van der Waals surface area contributed by atoms with Gasteiger partial charge in [0.1, 0.15) is 0 Å². The Morgan fingerprint density at radius 3 is 2.75 bits per heavy atom. The first-order valence-corrected chi connectivity index (χ1v) is 6.39. The van der Waals surface area contributed by atoms with E-state index in [-0.39, 0.29) is 23.7 Å². The zero-order valence-corrected chi connectivity index (χ0v) is 11.2. The lowest BCUT2D eigenvalue weighted by Gasteiger charge is -2.19. The first-order valence-electron chi connectivity index (χ1n) is 6.39. The highest BCUT2D eigenvalue weighted by Crippen LogP contribution is 2.14. The molecule has 0 saturated heterocycles. The number of fused-ring (bicyclic) bond motifs is 1. The minimum atomic E-state index is -0.309. The second-order valence-electron chi connectivity index (χ2n) is 4.38. The van der Waals surface area contributed by atoms with Crippen LogP contribution in [-0.2, 0) is 0 Å². The summed E-state index contributed by atoms with van der Waals surface area (Å²) >= 11 is 0. The third kappa shape index (κ3) is 2.54. The molecule has 0 fully saturated rings. The molecule has 0 aliphatic rings. The number of carbonyl (C=O) groups excluding carboxylic acids is 1. The van der Waals surface area contributed by atoms with Crippen molar-refractivity contribution in [2.24, 2.45) is 0 Å². The molecule has 2 rings (SSSR count). The van der Waals surface area contributed by atoms with Gasteiger partial charge in [0.2, 0.25) is 0 Å². The number of hydrogen-bond donors (Lipinski definition) is 1. The van der Waals surface area contributed by atoms with Gasteiger partial charge < -0.3 is 4.90 Å². The van der Waals surface area contributed by atoms with E-state index < -0.39 is 0 Å². The Hall–Kier alpha value is -2.61. The molecule has 0 radical (unpaired) electrons. The molecule has 1 aromatic carbocycles. The van der Waals surface area contributed by atoms with Crippen molar-refractivity contribution in [2.45, 2.75) is 13.3 Å². The number of benzene rings is 1. The van der Waals surface area contributed by atoms with Crippen LogP contribution in [0.15, 0.2) is 29.1 Å². The number of aromatic nitrogens is 2. The first kappa shape index (κ1) is 13.8. The van der Waals surface area contributed by atoms with Gasteiger partial charge in [0, 0.05) is 11.9 Å². The van der Waals surface area contributed by atoms with E-state index in [9.17, 15) is 9.59 Å². The molecule has 1 amide bonds. The van der Waals surface area contributed by atoms with Crippen LogP contribution < -0.4 is 5.56 Å². The Balaban J connectivity index is 2.52. The van der Waals surface area contributed by atoms with Crippen molar-refractivity contribution >= 4 is 16.7 Å². The van der Waals surface area contributed by atoms with E-state index in [1.807, 2.05) is 6.92 Å². The molecule has 0 saturated carbocycles. The molecule has 0 spiro atoms. The van der Waals surface area contributed by atoms with Crippen molar-refractivity contribution in [3.8, 4) is 12.3 Å². The molecule has 102 valence electrons. The predicted octanol–water partition coefficient (Wildman–Crippen LogP) is 1.41. The van der Waals surface area contributed by atoms with Crippen LogP contribution in [0.3, 0.4) is 0 Å². The monoisotopic (exact) mass is 269 g/mol. The SMILES string of the molecule is C#CCN(CCC)C(=O)c1n[nH]c(=O)c2ccccc12. The Labute approximate surface area is 116 Å². The topological polar surface area (TPSA) is 66.1 Å². The number of nitrogens with one attached hydrogen (secondary N) is 1. The number of H-pyrrole nitrogens is 1. The van der Waals surface area contributed by atoms with Crippen LogP contribution in [0.25, 0.3) is 10.8 Å². The van der Waals surface area contributed by atoms with Crippen LogP contribution in [0.4, 0.5) is 0 Å². The van der Waals surface area contributed by atoms with Crippen molar-refractivity contribution in [2.75, 3.05) is 13.1 Å². The van der Waals surface area contributed by atoms with Gasteiger partial charge in [-0.2, -0.15) is 5.10 Å². The summed E-state index contributed by atoms with van der Waals surface area (Å²) in [5, 5.41) is 7.24. The molecule has 0 unspecified atom stereocenters. The maximum atomic E-state index is 12.5. The fourth-order valence-corrected chi connectivity index (χ4v) is 2.06. The van der Waals surface area contributed by atoms with Crippen LogP contribution in [0.1, 0.15) is 23.8 Å². The number of rotatable bonds is 4. The molecule has 0 bridgehead atoms. The molecule has 1 heterocycles. The summed E-state index contributed by atoms with van der Waals surface area (Å²) in [4.78, 5) is 25.7. The average molecular weight is 269 g/mol. The van der Waals surface area contributed by atoms with Gasteiger partial charge in [-0.05, 0) is 12.5 Å². The first-order chi connectivity index (χ1) is 9.69. The summed E-state index contributed by atoms with van der Waals surface area (Å²) in [6.45, 7) is 2.75. The lowest BCUT2D eigenvalue weighted by Crippen LogP contribution is -2.33.